The maximum atomic E-state index is 13.0. The lowest BCUT2D eigenvalue weighted by molar-refractivity contribution is -0.137. The van der Waals surface area contributed by atoms with Crippen LogP contribution in [0.15, 0.2) is 29.3 Å². The van der Waals surface area contributed by atoms with Gasteiger partial charge in [0.05, 0.1) is 17.9 Å². The van der Waals surface area contributed by atoms with Crippen molar-refractivity contribution in [2.24, 2.45) is 4.99 Å². The molecule has 0 aliphatic heterocycles. The number of nitrogens with one attached hydrogen (secondary N) is 2. The Morgan fingerprint density at radius 3 is 2.48 bits per heavy atom. The van der Waals surface area contributed by atoms with Crippen LogP contribution in [0.25, 0.3) is 0 Å². The summed E-state index contributed by atoms with van der Waals surface area (Å²) in [5.74, 6) is 0.454. The van der Waals surface area contributed by atoms with Gasteiger partial charge in [-0.1, -0.05) is 24.6 Å². The number of hydrogen-bond acceptors (Lipinski definition) is 3. The molecule has 0 spiro atoms. The predicted molar refractivity (Wildman–Crippen MR) is 101 cm³/mol. The number of guanidine groups is 1. The second kappa shape index (κ2) is 8.50. The Morgan fingerprint density at radius 1 is 1.26 bits per heavy atom. The first-order chi connectivity index (χ1) is 12.6. The zero-order chi connectivity index (χ0) is 20.1. The highest BCUT2D eigenvalue weighted by Gasteiger charge is 2.40. The topological polar surface area (TPSA) is 70.6 Å². The Morgan fingerprint density at radius 2 is 1.96 bits per heavy atom. The van der Waals surface area contributed by atoms with Crippen molar-refractivity contribution in [3.05, 3.63) is 35.4 Å². The number of sulfone groups is 1. The van der Waals surface area contributed by atoms with Gasteiger partial charge in [0.2, 0.25) is 0 Å². The quantitative estimate of drug-likeness (QED) is 0.541. The summed E-state index contributed by atoms with van der Waals surface area (Å²) >= 11 is 0. The Hall–Kier alpha value is -1.77. The number of alkyl halides is 3. The molecule has 5 nitrogen and oxygen atoms in total. The molecular weight excluding hydrogens is 379 g/mol. The summed E-state index contributed by atoms with van der Waals surface area (Å²) in [6, 6.07) is 5.47. The maximum Gasteiger partial charge on any atom is 0.416 e. The summed E-state index contributed by atoms with van der Waals surface area (Å²) in [4.78, 5) is 4.51. The second-order valence-electron chi connectivity index (χ2n) is 6.96. The lowest BCUT2D eigenvalue weighted by Gasteiger charge is -2.41. The molecule has 2 N–H and O–H groups in total. The van der Waals surface area contributed by atoms with Crippen molar-refractivity contribution in [2.45, 2.75) is 37.8 Å². The smallest absolute Gasteiger partial charge is 0.357 e. The minimum Gasteiger partial charge on any atom is -0.357 e. The number of rotatable bonds is 7. The Labute approximate surface area is 158 Å². The van der Waals surface area contributed by atoms with E-state index in [1.807, 2.05) is 6.92 Å². The molecule has 27 heavy (non-hydrogen) atoms. The molecule has 0 bridgehead atoms. The highest BCUT2D eigenvalue weighted by Crippen LogP contribution is 2.45. The molecule has 0 aromatic heterocycles. The molecule has 1 aromatic carbocycles. The van der Waals surface area contributed by atoms with Crippen molar-refractivity contribution in [1.29, 1.82) is 0 Å². The molecule has 0 radical (unpaired) electrons. The lowest BCUT2D eigenvalue weighted by atomic mass is 9.64. The fourth-order valence-corrected chi connectivity index (χ4v) is 3.57. The number of nitrogens with zero attached hydrogens (tertiary/aromatic N) is 1. The summed E-state index contributed by atoms with van der Waals surface area (Å²) in [7, 11) is -3.09. The molecule has 0 atom stereocenters. The molecule has 9 heteroatoms. The molecule has 0 unspecified atom stereocenters. The van der Waals surface area contributed by atoms with E-state index in [1.54, 1.807) is 6.07 Å². The van der Waals surface area contributed by atoms with Gasteiger partial charge >= 0.3 is 6.18 Å². The number of halogens is 3. The van der Waals surface area contributed by atoms with Crippen LogP contribution in [0.3, 0.4) is 0 Å². The Kier molecular flexibility index (Phi) is 6.77. The fourth-order valence-electron chi connectivity index (χ4n) is 3.09. The van der Waals surface area contributed by atoms with Crippen LogP contribution in [0.4, 0.5) is 13.2 Å². The minimum absolute atomic E-state index is 0.0177. The van der Waals surface area contributed by atoms with Gasteiger partial charge in [0.15, 0.2) is 5.96 Å². The average Bonchev–Trinajstić information content (AvgIpc) is 2.52. The van der Waals surface area contributed by atoms with Gasteiger partial charge in [0.1, 0.15) is 9.84 Å². The van der Waals surface area contributed by atoms with Crippen molar-refractivity contribution in [1.82, 2.24) is 10.6 Å². The van der Waals surface area contributed by atoms with Gasteiger partial charge in [-0.15, -0.1) is 0 Å². The van der Waals surface area contributed by atoms with Gasteiger partial charge < -0.3 is 10.6 Å². The summed E-state index contributed by atoms with van der Waals surface area (Å²) in [6.07, 6.45) is -0.701. The molecule has 152 valence electrons. The van der Waals surface area contributed by atoms with Crippen LogP contribution >= 0.6 is 0 Å². The highest BCUT2D eigenvalue weighted by molar-refractivity contribution is 7.90. The zero-order valence-corrected chi connectivity index (χ0v) is 16.4. The number of hydrogen-bond donors (Lipinski definition) is 2. The maximum absolute atomic E-state index is 13.0. The molecule has 0 heterocycles. The Bertz CT molecular complexity index is 772. The van der Waals surface area contributed by atoms with E-state index in [1.165, 1.54) is 12.1 Å². The van der Waals surface area contributed by atoms with Crippen LogP contribution in [0.1, 0.15) is 37.3 Å². The predicted octanol–water partition coefficient (Wildman–Crippen LogP) is 2.73. The third kappa shape index (κ3) is 6.12. The minimum atomic E-state index is -4.37. The van der Waals surface area contributed by atoms with Crippen LogP contribution in [0.2, 0.25) is 0 Å². The third-order valence-electron chi connectivity index (χ3n) is 4.76. The van der Waals surface area contributed by atoms with Crippen LogP contribution in [-0.2, 0) is 21.4 Å². The van der Waals surface area contributed by atoms with E-state index in [2.05, 4.69) is 15.6 Å². The number of aliphatic imine (C=N–C) groups is 1. The van der Waals surface area contributed by atoms with E-state index in [0.29, 0.717) is 24.6 Å². The van der Waals surface area contributed by atoms with Crippen LogP contribution in [-0.4, -0.2) is 46.0 Å². The molecule has 2 rings (SSSR count). The molecule has 0 amide bonds. The summed E-state index contributed by atoms with van der Waals surface area (Å²) < 4.78 is 61.6. The normalized spacial score (nSPS) is 17.3. The van der Waals surface area contributed by atoms with E-state index in [-0.39, 0.29) is 12.3 Å². The van der Waals surface area contributed by atoms with E-state index >= 15 is 0 Å². The monoisotopic (exact) mass is 405 g/mol. The summed E-state index contributed by atoms with van der Waals surface area (Å²) in [6.45, 7) is 3.06. The van der Waals surface area contributed by atoms with Gasteiger partial charge in [0, 0.05) is 24.8 Å². The summed E-state index contributed by atoms with van der Waals surface area (Å²) in [5, 5.41) is 6.01. The molecular formula is C18H26F3N3O2S. The molecule has 1 fully saturated rings. The zero-order valence-electron chi connectivity index (χ0n) is 15.6. The molecule has 0 saturated heterocycles. The molecule has 1 aromatic rings. The highest BCUT2D eigenvalue weighted by atomic mass is 32.2. The van der Waals surface area contributed by atoms with Crippen LogP contribution in [0.5, 0.6) is 0 Å². The standard InChI is InChI=1S/C18H26F3N3O2S/c1-3-22-16(23-10-11-27(2,25)26)24-13-17(8-5-9-17)14-6-4-7-15(12-14)18(19,20)21/h4,6-7,12H,3,5,8-11,13H2,1-2H3,(H2,22,23,24). The van der Waals surface area contributed by atoms with E-state index in [9.17, 15) is 21.6 Å². The molecule has 1 aliphatic rings. The van der Waals surface area contributed by atoms with Crippen molar-refractivity contribution in [2.75, 3.05) is 31.6 Å². The first kappa shape index (κ1) is 21.5. The van der Waals surface area contributed by atoms with Crippen LogP contribution < -0.4 is 10.6 Å². The van der Waals surface area contributed by atoms with Crippen molar-refractivity contribution < 1.29 is 21.6 Å². The summed E-state index contributed by atoms with van der Waals surface area (Å²) in [5.41, 5.74) is -0.395. The Balaban J connectivity index is 2.14. The SMILES string of the molecule is CCNC(=NCC1(c2cccc(C(F)(F)F)c2)CCC1)NCCS(C)(=O)=O. The lowest BCUT2D eigenvalue weighted by Crippen LogP contribution is -2.42. The number of benzene rings is 1. The molecule has 1 saturated carbocycles. The van der Waals surface area contributed by atoms with Gasteiger partial charge in [0.25, 0.3) is 0 Å². The van der Waals surface area contributed by atoms with E-state index in [4.69, 9.17) is 0 Å². The van der Waals surface area contributed by atoms with Gasteiger partial charge in [-0.3, -0.25) is 4.99 Å². The fraction of sp³-hybridized carbons (Fsp3) is 0.611. The van der Waals surface area contributed by atoms with Gasteiger partial charge in [-0.2, -0.15) is 13.2 Å². The van der Waals surface area contributed by atoms with Crippen LogP contribution in [0, 0.1) is 0 Å². The van der Waals surface area contributed by atoms with Gasteiger partial charge in [-0.05, 0) is 31.4 Å². The molecule has 1 aliphatic carbocycles. The first-order valence-electron chi connectivity index (χ1n) is 8.93. The third-order valence-corrected chi connectivity index (χ3v) is 5.71. The van der Waals surface area contributed by atoms with Gasteiger partial charge in [-0.25, -0.2) is 8.42 Å². The average molecular weight is 405 g/mol. The largest absolute Gasteiger partial charge is 0.416 e. The van der Waals surface area contributed by atoms with Crippen molar-refractivity contribution in [3.8, 4) is 0 Å². The first-order valence-corrected chi connectivity index (χ1v) is 11.0. The van der Waals surface area contributed by atoms with Crippen molar-refractivity contribution in [3.63, 3.8) is 0 Å². The van der Waals surface area contributed by atoms with E-state index in [0.717, 1.165) is 31.6 Å². The van der Waals surface area contributed by atoms with Crippen molar-refractivity contribution >= 4 is 15.8 Å². The van der Waals surface area contributed by atoms with E-state index < -0.39 is 27.0 Å². The second-order valence-corrected chi connectivity index (χ2v) is 9.22.